The van der Waals surface area contributed by atoms with Gasteiger partial charge in [0.2, 0.25) is 5.91 Å². The highest BCUT2D eigenvalue weighted by atomic mass is 35.5. The molecule has 0 saturated heterocycles. The van der Waals surface area contributed by atoms with E-state index in [0.717, 1.165) is 12.1 Å². The van der Waals surface area contributed by atoms with E-state index in [4.69, 9.17) is 11.6 Å². The number of benzene rings is 2. The number of hydrogen-bond donors (Lipinski definition) is 2. The van der Waals surface area contributed by atoms with Crippen LogP contribution >= 0.6 is 11.6 Å². The molecule has 0 aromatic heterocycles. The summed E-state index contributed by atoms with van der Waals surface area (Å²) >= 11 is 6.02. The maximum atomic E-state index is 12.6. The fraction of sp³-hybridized carbons (Fsp3) is 0.333. The van der Waals surface area contributed by atoms with Gasteiger partial charge in [0.05, 0.1) is 16.1 Å². The third-order valence-electron chi connectivity index (χ3n) is 4.35. The predicted molar refractivity (Wildman–Crippen MR) is 106 cm³/mol. The lowest BCUT2D eigenvalue weighted by Gasteiger charge is -2.22. The van der Waals surface area contributed by atoms with Gasteiger partial charge in [-0.3, -0.25) is 9.59 Å². The summed E-state index contributed by atoms with van der Waals surface area (Å²) in [4.78, 5) is 24.9. The Morgan fingerprint density at radius 2 is 1.66 bits per heavy atom. The maximum absolute atomic E-state index is 12.6. The molecule has 0 fully saturated rings. The van der Waals surface area contributed by atoms with Crippen molar-refractivity contribution in [3.05, 3.63) is 70.2 Å². The molecule has 0 heterocycles. The van der Waals surface area contributed by atoms with Gasteiger partial charge in [-0.05, 0) is 42.2 Å². The molecule has 0 radical (unpaired) electrons. The second-order valence-electron chi connectivity index (χ2n) is 6.91. The molecule has 2 aromatic carbocycles. The zero-order chi connectivity index (χ0) is 21.6. The Bertz CT molecular complexity index is 852. The van der Waals surface area contributed by atoms with Crippen molar-refractivity contribution in [2.24, 2.45) is 5.92 Å². The van der Waals surface area contributed by atoms with Crippen molar-refractivity contribution < 1.29 is 22.8 Å². The first-order valence-corrected chi connectivity index (χ1v) is 9.46. The van der Waals surface area contributed by atoms with E-state index in [1.165, 1.54) is 12.1 Å². The van der Waals surface area contributed by atoms with E-state index in [-0.39, 0.29) is 29.0 Å². The van der Waals surface area contributed by atoms with Gasteiger partial charge in [0.15, 0.2) is 0 Å². The Kier molecular flexibility index (Phi) is 7.67. The van der Waals surface area contributed by atoms with Crippen LogP contribution in [0, 0.1) is 5.92 Å². The topological polar surface area (TPSA) is 58.2 Å². The van der Waals surface area contributed by atoms with Crippen molar-refractivity contribution >= 4 is 23.4 Å². The summed E-state index contributed by atoms with van der Waals surface area (Å²) < 4.78 is 37.8. The van der Waals surface area contributed by atoms with Crippen molar-refractivity contribution in [1.82, 2.24) is 10.6 Å². The molecule has 4 nitrogen and oxygen atoms in total. The Morgan fingerprint density at radius 3 is 2.21 bits per heavy atom. The minimum atomic E-state index is -4.38. The fourth-order valence-electron chi connectivity index (χ4n) is 2.70. The molecule has 0 aliphatic carbocycles. The SMILES string of the molecule is CC(C)C(NC(=O)c1ccccc1Cl)C(=O)NCCc1ccc(C(F)(F)F)cc1. The molecule has 2 rings (SSSR count). The lowest BCUT2D eigenvalue weighted by Crippen LogP contribution is -2.50. The average Bonchev–Trinajstić information content (AvgIpc) is 2.65. The minimum absolute atomic E-state index is 0.174. The maximum Gasteiger partial charge on any atom is 0.416 e. The molecule has 2 amide bonds. The number of carbonyl (C=O) groups is 2. The second-order valence-corrected chi connectivity index (χ2v) is 7.32. The van der Waals surface area contributed by atoms with Gasteiger partial charge in [-0.2, -0.15) is 13.2 Å². The number of halogens is 4. The summed E-state index contributed by atoms with van der Waals surface area (Å²) in [6.45, 7) is 3.83. The minimum Gasteiger partial charge on any atom is -0.354 e. The summed E-state index contributed by atoms with van der Waals surface area (Å²) in [6, 6.07) is 10.6. The van der Waals surface area contributed by atoms with Crippen LogP contribution in [0.3, 0.4) is 0 Å². The zero-order valence-corrected chi connectivity index (χ0v) is 16.8. The summed E-state index contributed by atoms with van der Waals surface area (Å²) in [6.07, 6.45) is -4.01. The monoisotopic (exact) mass is 426 g/mol. The molecule has 0 saturated carbocycles. The zero-order valence-electron chi connectivity index (χ0n) is 16.0. The van der Waals surface area contributed by atoms with E-state index in [1.807, 2.05) is 0 Å². The standard InChI is InChI=1S/C21H22ClF3N2O2/c1-13(2)18(27-19(28)16-5-3-4-6-17(16)22)20(29)26-12-11-14-7-9-15(10-8-14)21(23,24)25/h3-10,13,18H,11-12H2,1-2H3,(H,26,29)(H,27,28). The number of rotatable bonds is 7. The van der Waals surface area contributed by atoms with Crippen LogP contribution in [-0.4, -0.2) is 24.4 Å². The van der Waals surface area contributed by atoms with Crippen molar-refractivity contribution in [3.63, 3.8) is 0 Å². The normalized spacial score (nSPS) is 12.5. The number of amides is 2. The van der Waals surface area contributed by atoms with Crippen molar-refractivity contribution in [2.75, 3.05) is 6.54 Å². The van der Waals surface area contributed by atoms with Crippen LogP contribution < -0.4 is 10.6 Å². The Balaban J connectivity index is 1.93. The van der Waals surface area contributed by atoms with Gasteiger partial charge in [-0.15, -0.1) is 0 Å². The van der Waals surface area contributed by atoms with Crippen LogP contribution in [0.2, 0.25) is 5.02 Å². The first-order chi connectivity index (χ1) is 13.6. The van der Waals surface area contributed by atoms with Crippen LogP contribution in [0.5, 0.6) is 0 Å². The number of nitrogens with one attached hydrogen (secondary N) is 2. The molecular formula is C21H22ClF3N2O2. The molecule has 1 atom stereocenters. The van der Waals surface area contributed by atoms with Crippen molar-refractivity contribution in [2.45, 2.75) is 32.5 Å². The summed E-state index contributed by atoms with van der Waals surface area (Å²) in [5, 5.41) is 5.69. The van der Waals surface area contributed by atoms with Gasteiger partial charge in [-0.25, -0.2) is 0 Å². The van der Waals surface area contributed by atoms with E-state index < -0.39 is 23.7 Å². The fourth-order valence-corrected chi connectivity index (χ4v) is 2.92. The predicted octanol–water partition coefficient (Wildman–Crippen LogP) is 4.47. The highest BCUT2D eigenvalue weighted by molar-refractivity contribution is 6.33. The molecule has 0 aliphatic rings. The van der Waals surface area contributed by atoms with Crippen LogP contribution in [0.25, 0.3) is 0 Å². The smallest absolute Gasteiger partial charge is 0.354 e. The first kappa shape index (κ1) is 22.7. The molecule has 29 heavy (non-hydrogen) atoms. The first-order valence-electron chi connectivity index (χ1n) is 9.09. The summed E-state index contributed by atoms with van der Waals surface area (Å²) in [7, 11) is 0. The summed E-state index contributed by atoms with van der Waals surface area (Å²) in [5.41, 5.74) is 0.226. The lowest BCUT2D eigenvalue weighted by molar-refractivity contribution is -0.137. The molecular weight excluding hydrogens is 405 g/mol. The van der Waals surface area contributed by atoms with Gasteiger partial charge in [0.1, 0.15) is 6.04 Å². The average molecular weight is 427 g/mol. The number of alkyl halides is 3. The third kappa shape index (κ3) is 6.49. The van der Waals surface area contributed by atoms with Crippen molar-refractivity contribution in [3.8, 4) is 0 Å². The van der Waals surface area contributed by atoms with Gasteiger partial charge >= 0.3 is 6.18 Å². The highest BCUT2D eigenvalue weighted by Gasteiger charge is 2.30. The van der Waals surface area contributed by atoms with E-state index >= 15 is 0 Å². The van der Waals surface area contributed by atoms with E-state index in [0.29, 0.717) is 12.0 Å². The molecule has 2 N–H and O–H groups in total. The van der Waals surface area contributed by atoms with Gasteiger partial charge < -0.3 is 10.6 Å². The van der Waals surface area contributed by atoms with Gasteiger partial charge in [0, 0.05) is 6.54 Å². The van der Waals surface area contributed by atoms with E-state index in [2.05, 4.69) is 10.6 Å². The highest BCUT2D eigenvalue weighted by Crippen LogP contribution is 2.29. The molecule has 2 aromatic rings. The molecule has 156 valence electrons. The molecule has 0 spiro atoms. The number of hydrogen-bond acceptors (Lipinski definition) is 2. The third-order valence-corrected chi connectivity index (χ3v) is 4.68. The lowest BCUT2D eigenvalue weighted by atomic mass is 10.0. The van der Waals surface area contributed by atoms with Crippen LogP contribution in [0.1, 0.15) is 35.3 Å². The molecule has 1 unspecified atom stereocenters. The summed E-state index contributed by atoms with van der Waals surface area (Å²) in [5.74, 6) is -0.994. The van der Waals surface area contributed by atoms with Crippen LogP contribution in [0.4, 0.5) is 13.2 Å². The second kappa shape index (κ2) is 9.78. The molecule has 8 heteroatoms. The van der Waals surface area contributed by atoms with Gasteiger partial charge in [-0.1, -0.05) is 49.7 Å². The van der Waals surface area contributed by atoms with Crippen LogP contribution in [0.15, 0.2) is 48.5 Å². The Morgan fingerprint density at radius 1 is 1.03 bits per heavy atom. The largest absolute Gasteiger partial charge is 0.416 e. The van der Waals surface area contributed by atoms with Crippen molar-refractivity contribution in [1.29, 1.82) is 0 Å². The van der Waals surface area contributed by atoms with Crippen LogP contribution in [-0.2, 0) is 17.4 Å². The molecule has 0 bridgehead atoms. The van der Waals surface area contributed by atoms with E-state index in [9.17, 15) is 22.8 Å². The quantitative estimate of drug-likeness (QED) is 0.686. The molecule has 0 aliphatic heterocycles. The Labute approximate surface area is 172 Å². The Hall–Kier alpha value is -2.54. The van der Waals surface area contributed by atoms with Gasteiger partial charge in [0.25, 0.3) is 5.91 Å². The number of carbonyl (C=O) groups excluding carboxylic acids is 2. The van der Waals surface area contributed by atoms with E-state index in [1.54, 1.807) is 38.1 Å².